The van der Waals surface area contributed by atoms with E-state index in [4.69, 9.17) is 0 Å². The predicted molar refractivity (Wildman–Crippen MR) is 91.9 cm³/mol. The van der Waals surface area contributed by atoms with E-state index in [-0.39, 0.29) is 33.7 Å². The first kappa shape index (κ1) is 18.9. The van der Waals surface area contributed by atoms with Gasteiger partial charge >= 0.3 is 11.9 Å². The van der Waals surface area contributed by atoms with Crippen LogP contribution in [-0.4, -0.2) is 40.6 Å². The molecule has 1 unspecified atom stereocenters. The molecule has 0 radical (unpaired) electrons. The summed E-state index contributed by atoms with van der Waals surface area (Å²) in [5.41, 5.74) is -1.33. The van der Waals surface area contributed by atoms with Crippen molar-refractivity contribution in [1.29, 1.82) is 5.26 Å². The molecule has 1 aliphatic heterocycles. The number of benzene rings is 1. The van der Waals surface area contributed by atoms with Gasteiger partial charge in [0.15, 0.2) is 0 Å². The fourth-order valence-corrected chi connectivity index (χ4v) is 3.55. The minimum Gasteiger partial charge on any atom is -0.478 e. The molecule has 2 rings (SSSR count). The summed E-state index contributed by atoms with van der Waals surface area (Å²) in [6.07, 6.45) is 0. The number of hydrogen-bond acceptors (Lipinski definition) is 6. The molecular formula is C18H17N3O5. The van der Waals surface area contributed by atoms with Crippen LogP contribution in [0.5, 0.6) is 0 Å². The molecule has 1 atom stereocenters. The van der Waals surface area contributed by atoms with Crippen LogP contribution in [0.3, 0.4) is 0 Å². The summed E-state index contributed by atoms with van der Waals surface area (Å²) < 4.78 is 0. The van der Waals surface area contributed by atoms with Gasteiger partial charge in [-0.15, -0.1) is 0 Å². The van der Waals surface area contributed by atoms with Crippen LogP contribution in [0.1, 0.15) is 25.0 Å². The SMILES string of the molecule is CC1=C(C(=O)O)C(C)(c2ccccc2C#N)C(C(=O)O)=C(CN=O)N1C. The number of carboxylic acid groups (broad SMARTS) is 2. The van der Waals surface area contributed by atoms with E-state index in [2.05, 4.69) is 5.18 Å². The Hall–Kier alpha value is -3.47. The average Bonchev–Trinajstić information content (AvgIpc) is 2.59. The van der Waals surface area contributed by atoms with Crippen molar-refractivity contribution in [3.8, 4) is 6.07 Å². The molecule has 0 saturated heterocycles. The smallest absolute Gasteiger partial charge is 0.334 e. The molecule has 1 aromatic carbocycles. The fraction of sp³-hybridized carbons (Fsp3) is 0.278. The molecule has 8 heteroatoms. The van der Waals surface area contributed by atoms with Crippen molar-refractivity contribution in [1.82, 2.24) is 4.90 Å². The molecule has 8 nitrogen and oxygen atoms in total. The monoisotopic (exact) mass is 355 g/mol. The maximum absolute atomic E-state index is 12.1. The Bertz CT molecular complexity index is 910. The zero-order chi connectivity index (χ0) is 19.6. The number of nitrogens with zero attached hydrogens (tertiary/aromatic N) is 3. The van der Waals surface area contributed by atoms with Crippen molar-refractivity contribution < 1.29 is 19.8 Å². The molecule has 1 aromatic rings. The molecule has 0 amide bonds. The van der Waals surface area contributed by atoms with E-state index in [9.17, 15) is 30.0 Å². The van der Waals surface area contributed by atoms with Crippen LogP contribution in [-0.2, 0) is 15.0 Å². The lowest BCUT2D eigenvalue weighted by molar-refractivity contribution is -0.134. The summed E-state index contributed by atoms with van der Waals surface area (Å²) in [7, 11) is 1.48. The van der Waals surface area contributed by atoms with Crippen LogP contribution >= 0.6 is 0 Å². The molecule has 0 aromatic heterocycles. The third-order valence-electron chi connectivity index (χ3n) is 4.79. The molecule has 1 aliphatic rings. The maximum atomic E-state index is 12.1. The largest absolute Gasteiger partial charge is 0.478 e. The highest BCUT2D eigenvalue weighted by Crippen LogP contribution is 2.47. The van der Waals surface area contributed by atoms with Crippen LogP contribution in [0.15, 0.2) is 52.0 Å². The predicted octanol–water partition coefficient (Wildman–Crippen LogP) is 2.23. The standard InChI is InChI=1S/C18H17N3O5/c1-10-14(16(22)23)18(2,12-7-5-4-6-11(12)8-19)15(17(24)25)13(9-20-26)21(10)3/h4-7H,9H2,1-3H3,(H,22,23)(H,24,25). The Kier molecular flexibility index (Phi) is 4.93. The van der Waals surface area contributed by atoms with Crippen LogP contribution in [0.4, 0.5) is 0 Å². The van der Waals surface area contributed by atoms with Crippen molar-refractivity contribution in [3.63, 3.8) is 0 Å². The second-order valence-corrected chi connectivity index (χ2v) is 6.02. The third kappa shape index (κ3) is 2.63. The van der Waals surface area contributed by atoms with Gasteiger partial charge in [0, 0.05) is 12.7 Å². The Labute approximate surface area is 149 Å². The van der Waals surface area contributed by atoms with Gasteiger partial charge in [-0.25, -0.2) is 9.59 Å². The van der Waals surface area contributed by atoms with Crippen LogP contribution in [0.25, 0.3) is 0 Å². The van der Waals surface area contributed by atoms with Crippen molar-refractivity contribution >= 4 is 11.9 Å². The van der Waals surface area contributed by atoms with Crippen LogP contribution in [0.2, 0.25) is 0 Å². The van der Waals surface area contributed by atoms with E-state index < -0.39 is 23.9 Å². The molecule has 1 heterocycles. The Balaban J connectivity index is 3.03. The molecule has 0 aliphatic carbocycles. The first-order chi connectivity index (χ1) is 12.2. The lowest BCUT2D eigenvalue weighted by Crippen LogP contribution is -2.44. The number of nitriles is 1. The minimum atomic E-state index is -1.64. The second-order valence-electron chi connectivity index (χ2n) is 6.02. The van der Waals surface area contributed by atoms with Gasteiger partial charge in [0.2, 0.25) is 0 Å². The van der Waals surface area contributed by atoms with Gasteiger partial charge in [-0.3, -0.25) is 0 Å². The van der Waals surface area contributed by atoms with E-state index in [1.807, 2.05) is 6.07 Å². The number of allylic oxidation sites excluding steroid dienone is 1. The molecule has 0 bridgehead atoms. The Morgan fingerprint density at radius 1 is 1.23 bits per heavy atom. The summed E-state index contributed by atoms with van der Waals surface area (Å²) in [6.45, 7) is 2.53. The average molecular weight is 355 g/mol. The fourth-order valence-electron chi connectivity index (χ4n) is 3.55. The number of carboxylic acids is 2. The highest BCUT2D eigenvalue weighted by Gasteiger charge is 2.49. The topological polar surface area (TPSA) is 131 Å². The number of carbonyl (C=O) groups is 2. The second kappa shape index (κ2) is 6.80. The zero-order valence-corrected chi connectivity index (χ0v) is 14.5. The van der Waals surface area contributed by atoms with E-state index in [0.717, 1.165) is 0 Å². The van der Waals surface area contributed by atoms with Crippen molar-refractivity contribution in [3.05, 3.63) is 62.8 Å². The van der Waals surface area contributed by atoms with Crippen LogP contribution in [0, 0.1) is 16.2 Å². The van der Waals surface area contributed by atoms with Gasteiger partial charge in [-0.1, -0.05) is 23.4 Å². The van der Waals surface area contributed by atoms with Gasteiger partial charge < -0.3 is 15.1 Å². The van der Waals surface area contributed by atoms with Gasteiger partial charge in [-0.2, -0.15) is 10.2 Å². The summed E-state index contributed by atoms with van der Waals surface area (Å²) >= 11 is 0. The first-order valence-electron chi connectivity index (χ1n) is 7.65. The number of nitroso groups, excluding NO2 is 1. The summed E-state index contributed by atoms with van der Waals surface area (Å²) in [6, 6.07) is 8.20. The molecule has 134 valence electrons. The van der Waals surface area contributed by atoms with E-state index in [1.54, 1.807) is 12.1 Å². The zero-order valence-electron chi connectivity index (χ0n) is 14.5. The summed E-state index contributed by atoms with van der Waals surface area (Å²) in [5.74, 6) is -2.68. The molecule has 0 fully saturated rings. The van der Waals surface area contributed by atoms with Crippen molar-refractivity contribution in [2.45, 2.75) is 19.3 Å². The Morgan fingerprint density at radius 2 is 1.81 bits per heavy atom. The van der Waals surface area contributed by atoms with E-state index >= 15 is 0 Å². The van der Waals surface area contributed by atoms with Gasteiger partial charge in [0.05, 0.1) is 33.9 Å². The lowest BCUT2D eigenvalue weighted by atomic mass is 9.65. The third-order valence-corrected chi connectivity index (χ3v) is 4.79. The molecule has 0 spiro atoms. The highest BCUT2D eigenvalue weighted by atomic mass is 16.4. The number of rotatable bonds is 5. The number of hydrogen-bond donors (Lipinski definition) is 2. The summed E-state index contributed by atoms with van der Waals surface area (Å²) in [5, 5.41) is 32.0. The molecular weight excluding hydrogens is 338 g/mol. The van der Waals surface area contributed by atoms with Gasteiger partial charge in [-0.05, 0) is 25.5 Å². The van der Waals surface area contributed by atoms with E-state index in [1.165, 1.54) is 37.9 Å². The van der Waals surface area contributed by atoms with Crippen molar-refractivity contribution in [2.75, 3.05) is 13.6 Å². The minimum absolute atomic E-state index is 0.0882. The van der Waals surface area contributed by atoms with Gasteiger partial charge in [0.25, 0.3) is 0 Å². The quantitative estimate of drug-likeness (QED) is 0.774. The number of aliphatic carboxylic acids is 2. The first-order valence-corrected chi connectivity index (χ1v) is 7.65. The maximum Gasteiger partial charge on any atom is 0.334 e. The van der Waals surface area contributed by atoms with Crippen LogP contribution < -0.4 is 0 Å². The lowest BCUT2D eigenvalue weighted by Gasteiger charge is -2.42. The number of likely N-dealkylation sites (N-methyl/N-ethyl adjacent to an activating group) is 1. The van der Waals surface area contributed by atoms with Gasteiger partial charge in [0.1, 0.15) is 6.54 Å². The molecule has 0 saturated carbocycles. The molecule has 26 heavy (non-hydrogen) atoms. The Morgan fingerprint density at radius 3 is 2.31 bits per heavy atom. The molecule has 2 N–H and O–H groups in total. The normalized spacial score (nSPS) is 20.0. The van der Waals surface area contributed by atoms with Crippen molar-refractivity contribution in [2.24, 2.45) is 5.18 Å². The van der Waals surface area contributed by atoms with E-state index in [0.29, 0.717) is 0 Å². The highest BCUT2D eigenvalue weighted by molar-refractivity contribution is 6.00. The summed E-state index contributed by atoms with van der Waals surface area (Å²) in [4.78, 5) is 36.4.